The van der Waals surface area contributed by atoms with Crippen LogP contribution in [0.2, 0.25) is 0 Å². The van der Waals surface area contributed by atoms with Gasteiger partial charge < -0.3 is 15.5 Å². The van der Waals surface area contributed by atoms with Crippen molar-refractivity contribution in [1.82, 2.24) is 15.5 Å². The maximum Gasteiger partial charge on any atom is 0.191 e. The van der Waals surface area contributed by atoms with Crippen molar-refractivity contribution in [3.05, 3.63) is 35.4 Å². The molecule has 148 valence electrons. The highest BCUT2D eigenvalue weighted by molar-refractivity contribution is 14.0. The molecule has 1 aromatic rings. The molecule has 8 heteroatoms. The SMILES string of the molecule is CN=C(NCCN1CCCCC1)NCc1ccc(CS(C)(=O)=O)cc1.I. The molecule has 1 aliphatic heterocycles. The average molecular weight is 494 g/mol. The molecule has 0 unspecified atom stereocenters. The molecule has 0 atom stereocenters. The second kappa shape index (κ2) is 11.8. The van der Waals surface area contributed by atoms with Gasteiger partial charge in [-0.3, -0.25) is 4.99 Å². The molecule has 26 heavy (non-hydrogen) atoms. The highest BCUT2D eigenvalue weighted by Crippen LogP contribution is 2.08. The van der Waals surface area contributed by atoms with Crippen molar-refractivity contribution in [1.29, 1.82) is 0 Å². The monoisotopic (exact) mass is 494 g/mol. The molecule has 0 bridgehead atoms. The maximum atomic E-state index is 11.3. The van der Waals surface area contributed by atoms with E-state index in [0.717, 1.165) is 30.2 Å². The van der Waals surface area contributed by atoms with Gasteiger partial charge in [0.05, 0.1) is 5.75 Å². The Balaban J connectivity index is 0.00000338. The van der Waals surface area contributed by atoms with Crippen molar-refractivity contribution in [2.45, 2.75) is 31.6 Å². The van der Waals surface area contributed by atoms with Crippen molar-refractivity contribution in [2.24, 2.45) is 4.99 Å². The Morgan fingerprint density at radius 3 is 2.27 bits per heavy atom. The summed E-state index contributed by atoms with van der Waals surface area (Å²) in [4.78, 5) is 6.74. The van der Waals surface area contributed by atoms with Gasteiger partial charge in [0, 0.05) is 32.9 Å². The minimum atomic E-state index is -2.99. The van der Waals surface area contributed by atoms with Crippen LogP contribution in [0.3, 0.4) is 0 Å². The van der Waals surface area contributed by atoms with Gasteiger partial charge in [0.2, 0.25) is 0 Å². The smallest absolute Gasteiger partial charge is 0.191 e. The maximum absolute atomic E-state index is 11.3. The lowest BCUT2D eigenvalue weighted by molar-refractivity contribution is 0.232. The Kier molecular flexibility index (Phi) is 10.5. The second-order valence-electron chi connectivity index (χ2n) is 6.64. The summed E-state index contributed by atoms with van der Waals surface area (Å²) in [6.45, 7) is 4.98. The molecule has 0 amide bonds. The Bertz CT molecular complexity index is 656. The molecule has 0 saturated carbocycles. The molecule has 0 aromatic heterocycles. The molecule has 1 aromatic carbocycles. The summed E-state index contributed by atoms with van der Waals surface area (Å²) in [5.41, 5.74) is 1.91. The molecular formula is C18H31IN4O2S. The van der Waals surface area contributed by atoms with Gasteiger partial charge in [-0.1, -0.05) is 30.7 Å². The third-order valence-corrected chi connectivity index (χ3v) is 5.16. The minimum absolute atomic E-state index is 0. The number of halogens is 1. The number of likely N-dealkylation sites (tertiary alicyclic amines) is 1. The van der Waals surface area contributed by atoms with E-state index in [1.54, 1.807) is 7.05 Å². The molecule has 0 spiro atoms. The van der Waals surface area contributed by atoms with Crippen molar-refractivity contribution >= 4 is 39.8 Å². The van der Waals surface area contributed by atoms with E-state index >= 15 is 0 Å². The van der Waals surface area contributed by atoms with Crippen LogP contribution in [0.4, 0.5) is 0 Å². The minimum Gasteiger partial charge on any atom is -0.355 e. The van der Waals surface area contributed by atoms with E-state index in [4.69, 9.17) is 0 Å². The van der Waals surface area contributed by atoms with E-state index in [-0.39, 0.29) is 29.7 Å². The number of rotatable bonds is 7. The van der Waals surface area contributed by atoms with Crippen LogP contribution in [0.1, 0.15) is 30.4 Å². The highest BCUT2D eigenvalue weighted by atomic mass is 127. The number of hydrogen-bond acceptors (Lipinski definition) is 4. The van der Waals surface area contributed by atoms with E-state index in [2.05, 4.69) is 20.5 Å². The fourth-order valence-corrected chi connectivity index (χ4v) is 3.78. The molecular weight excluding hydrogens is 463 g/mol. The van der Waals surface area contributed by atoms with Gasteiger partial charge in [0.15, 0.2) is 15.8 Å². The molecule has 1 saturated heterocycles. The normalized spacial score (nSPS) is 16.0. The molecule has 2 N–H and O–H groups in total. The number of nitrogens with one attached hydrogen (secondary N) is 2. The van der Waals surface area contributed by atoms with Gasteiger partial charge in [-0.15, -0.1) is 24.0 Å². The summed E-state index contributed by atoms with van der Waals surface area (Å²) in [5.74, 6) is 0.873. The highest BCUT2D eigenvalue weighted by Gasteiger charge is 2.09. The van der Waals surface area contributed by atoms with E-state index < -0.39 is 9.84 Å². The topological polar surface area (TPSA) is 73.8 Å². The number of aliphatic imine (C=N–C) groups is 1. The fourth-order valence-electron chi connectivity index (χ4n) is 2.98. The Morgan fingerprint density at radius 2 is 1.69 bits per heavy atom. The largest absolute Gasteiger partial charge is 0.355 e. The summed E-state index contributed by atoms with van der Waals surface area (Å²) >= 11 is 0. The first-order valence-corrected chi connectivity index (χ1v) is 10.9. The van der Waals surface area contributed by atoms with Crippen LogP contribution >= 0.6 is 24.0 Å². The van der Waals surface area contributed by atoms with Gasteiger partial charge >= 0.3 is 0 Å². The van der Waals surface area contributed by atoms with Crippen LogP contribution in [0.15, 0.2) is 29.3 Å². The Morgan fingerprint density at radius 1 is 1.08 bits per heavy atom. The summed E-state index contributed by atoms with van der Waals surface area (Å²) in [5, 5.41) is 6.64. The predicted octanol–water partition coefficient (Wildman–Crippen LogP) is 2.00. The molecule has 0 aliphatic carbocycles. The lowest BCUT2D eigenvalue weighted by Gasteiger charge is -2.26. The average Bonchev–Trinajstić information content (AvgIpc) is 2.59. The number of benzene rings is 1. The first kappa shape index (κ1) is 23.2. The van der Waals surface area contributed by atoms with Gasteiger partial charge in [0.25, 0.3) is 0 Å². The number of piperidine rings is 1. The predicted molar refractivity (Wildman–Crippen MR) is 119 cm³/mol. The number of sulfone groups is 1. The van der Waals surface area contributed by atoms with Crippen LogP contribution in [0.25, 0.3) is 0 Å². The lowest BCUT2D eigenvalue weighted by Crippen LogP contribution is -2.42. The van der Waals surface area contributed by atoms with Crippen LogP contribution in [-0.2, 0) is 22.1 Å². The standard InChI is InChI=1S/C18H30N4O2S.HI/c1-19-18(20-10-13-22-11-4-3-5-12-22)21-14-16-6-8-17(9-7-16)15-25(2,23)24;/h6-9H,3-5,10-15H2,1-2H3,(H2,19,20,21);1H. The Labute approximate surface area is 174 Å². The lowest BCUT2D eigenvalue weighted by atomic mass is 10.1. The summed E-state index contributed by atoms with van der Waals surface area (Å²) < 4.78 is 22.6. The van der Waals surface area contributed by atoms with Crippen molar-refractivity contribution in [2.75, 3.05) is 39.5 Å². The zero-order chi connectivity index (χ0) is 18.1. The van der Waals surface area contributed by atoms with Gasteiger partial charge in [-0.2, -0.15) is 0 Å². The quantitative estimate of drug-likeness (QED) is 0.345. The van der Waals surface area contributed by atoms with Gasteiger partial charge in [0.1, 0.15) is 0 Å². The van der Waals surface area contributed by atoms with E-state index in [0.29, 0.717) is 6.54 Å². The van der Waals surface area contributed by atoms with Gasteiger partial charge in [-0.05, 0) is 37.1 Å². The number of hydrogen-bond donors (Lipinski definition) is 2. The fraction of sp³-hybridized carbons (Fsp3) is 0.611. The van der Waals surface area contributed by atoms with Gasteiger partial charge in [-0.25, -0.2) is 8.42 Å². The molecule has 1 heterocycles. The van der Waals surface area contributed by atoms with Crippen LogP contribution in [0, 0.1) is 0 Å². The zero-order valence-electron chi connectivity index (χ0n) is 15.7. The van der Waals surface area contributed by atoms with E-state index in [9.17, 15) is 8.42 Å². The van der Waals surface area contributed by atoms with E-state index in [1.807, 2.05) is 24.3 Å². The third-order valence-electron chi connectivity index (χ3n) is 4.30. The van der Waals surface area contributed by atoms with Crippen molar-refractivity contribution in [3.8, 4) is 0 Å². The first-order chi connectivity index (χ1) is 12.0. The van der Waals surface area contributed by atoms with Crippen molar-refractivity contribution in [3.63, 3.8) is 0 Å². The third kappa shape index (κ3) is 9.18. The second-order valence-corrected chi connectivity index (χ2v) is 8.78. The van der Waals surface area contributed by atoms with Crippen LogP contribution in [-0.4, -0.2) is 58.8 Å². The van der Waals surface area contributed by atoms with Crippen LogP contribution < -0.4 is 10.6 Å². The number of guanidine groups is 1. The van der Waals surface area contributed by atoms with Crippen molar-refractivity contribution < 1.29 is 8.42 Å². The molecule has 1 fully saturated rings. The zero-order valence-corrected chi connectivity index (χ0v) is 18.8. The first-order valence-electron chi connectivity index (χ1n) is 8.89. The molecule has 6 nitrogen and oxygen atoms in total. The summed E-state index contributed by atoms with van der Waals surface area (Å²) in [6, 6.07) is 7.64. The summed E-state index contributed by atoms with van der Waals surface area (Å²) in [7, 11) is -1.22. The van der Waals surface area contributed by atoms with Crippen LogP contribution in [0.5, 0.6) is 0 Å². The molecule has 2 rings (SSSR count). The summed E-state index contributed by atoms with van der Waals surface area (Å²) in [6.07, 6.45) is 5.22. The molecule has 1 aliphatic rings. The Hall–Kier alpha value is -0.870. The number of nitrogens with zero attached hydrogens (tertiary/aromatic N) is 2. The van der Waals surface area contributed by atoms with E-state index in [1.165, 1.54) is 38.6 Å². The molecule has 0 radical (unpaired) electrons.